The summed E-state index contributed by atoms with van der Waals surface area (Å²) in [7, 11) is 0. The second kappa shape index (κ2) is 8.27. The second-order valence-electron chi connectivity index (χ2n) is 6.01. The molecule has 1 atom stereocenters. The van der Waals surface area contributed by atoms with Crippen LogP contribution in [0.3, 0.4) is 0 Å². The standard InChI is InChI=1S/C20H22N2O3S/c1-3-26-11-10-25-19(23)17-13(2)21-20(24)22-18(17)16-9-8-14-6-4-5-7-15(14)12-16/h4-9,12,18H,3,10-11H2,1-2H3,(H2,21,22,24)/t18-/m1/s1. The molecule has 0 bridgehead atoms. The van der Waals surface area contributed by atoms with Gasteiger partial charge >= 0.3 is 12.0 Å². The molecular formula is C20H22N2O3S. The number of allylic oxidation sites excluding steroid dienone is 1. The first-order valence-electron chi connectivity index (χ1n) is 8.62. The maximum Gasteiger partial charge on any atom is 0.338 e. The van der Waals surface area contributed by atoms with Gasteiger partial charge in [0.15, 0.2) is 0 Å². The lowest BCUT2D eigenvalue weighted by Gasteiger charge is -2.28. The summed E-state index contributed by atoms with van der Waals surface area (Å²) in [5.74, 6) is 1.34. The molecule has 6 heteroatoms. The molecular weight excluding hydrogens is 348 g/mol. The van der Waals surface area contributed by atoms with Crippen molar-refractivity contribution in [2.24, 2.45) is 0 Å². The second-order valence-corrected chi connectivity index (χ2v) is 7.40. The first-order valence-corrected chi connectivity index (χ1v) is 9.77. The molecule has 26 heavy (non-hydrogen) atoms. The van der Waals surface area contributed by atoms with Gasteiger partial charge in [-0.3, -0.25) is 0 Å². The number of rotatable bonds is 6. The Labute approximate surface area is 157 Å². The minimum absolute atomic E-state index is 0.321. The number of nitrogens with one attached hydrogen (secondary N) is 2. The van der Waals surface area contributed by atoms with Crippen LogP contribution in [-0.2, 0) is 9.53 Å². The third kappa shape index (κ3) is 4.02. The first kappa shape index (κ1) is 18.3. The first-order chi connectivity index (χ1) is 12.6. The Bertz CT molecular complexity index is 863. The summed E-state index contributed by atoms with van der Waals surface area (Å²) in [5.41, 5.74) is 1.83. The Morgan fingerprint density at radius 2 is 1.96 bits per heavy atom. The van der Waals surface area contributed by atoms with E-state index in [2.05, 4.69) is 17.6 Å². The molecule has 0 saturated carbocycles. The van der Waals surface area contributed by atoms with Gasteiger partial charge < -0.3 is 15.4 Å². The molecule has 0 unspecified atom stereocenters. The maximum absolute atomic E-state index is 12.6. The van der Waals surface area contributed by atoms with Crippen molar-refractivity contribution in [1.82, 2.24) is 10.6 Å². The molecule has 0 fully saturated rings. The van der Waals surface area contributed by atoms with Crippen LogP contribution in [0.1, 0.15) is 25.5 Å². The highest BCUT2D eigenvalue weighted by Gasteiger charge is 2.32. The lowest BCUT2D eigenvalue weighted by molar-refractivity contribution is -0.138. The topological polar surface area (TPSA) is 67.4 Å². The van der Waals surface area contributed by atoms with Gasteiger partial charge in [0.2, 0.25) is 0 Å². The summed E-state index contributed by atoms with van der Waals surface area (Å²) in [6, 6.07) is 13.1. The third-order valence-corrected chi connectivity index (χ3v) is 5.12. The van der Waals surface area contributed by atoms with Crippen LogP contribution in [0.25, 0.3) is 10.8 Å². The van der Waals surface area contributed by atoms with E-state index >= 15 is 0 Å². The number of esters is 1. The van der Waals surface area contributed by atoms with Crippen LogP contribution >= 0.6 is 11.8 Å². The SMILES string of the molecule is CCSCCOC(=O)C1=C(C)NC(=O)N[C@@H]1c1ccc2ccccc2c1. The van der Waals surface area contributed by atoms with Crippen molar-refractivity contribution in [3.63, 3.8) is 0 Å². The number of thioether (sulfide) groups is 1. The fourth-order valence-corrected chi connectivity index (χ4v) is 3.51. The zero-order chi connectivity index (χ0) is 18.5. The van der Waals surface area contributed by atoms with Crippen molar-refractivity contribution >= 4 is 34.5 Å². The molecule has 0 radical (unpaired) electrons. The number of urea groups is 1. The van der Waals surface area contributed by atoms with Crippen molar-refractivity contribution in [2.75, 3.05) is 18.1 Å². The summed E-state index contributed by atoms with van der Waals surface area (Å²) in [5, 5.41) is 7.69. The molecule has 0 aliphatic carbocycles. The molecule has 136 valence electrons. The number of amides is 2. The van der Waals surface area contributed by atoms with Crippen LogP contribution < -0.4 is 10.6 Å². The largest absolute Gasteiger partial charge is 0.461 e. The van der Waals surface area contributed by atoms with Crippen LogP contribution in [-0.4, -0.2) is 30.1 Å². The summed E-state index contributed by atoms with van der Waals surface area (Å²) < 4.78 is 5.42. The summed E-state index contributed by atoms with van der Waals surface area (Å²) in [4.78, 5) is 24.6. The van der Waals surface area contributed by atoms with Crippen LogP contribution in [0.4, 0.5) is 4.79 Å². The molecule has 2 amide bonds. The van der Waals surface area contributed by atoms with Crippen LogP contribution in [0.2, 0.25) is 0 Å². The van der Waals surface area contributed by atoms with Gasteiger partial charge in [-0.1, -0.05) is 43.3 Å². The molecule has 2 aromatic rings. The fourth-order valence-electron chi connectivity index (χ4n) is 3.02. The molecule has 5 nitrogen and oxygen atoms in total. The molecule has 0 spiro atoms. The Hall–Kier alpha value is -2.47. The highest BCUT2D eigenvalue weighted by molar-refractivity contribution is 7.99. The number of ether oxygens (including phenoxy) is 1. The van der Waals surface area contributed by atoms with Gasteiger partial charge in [0.1, 0.15) is 6.61 Å². The van der Waals surface area contributed by atoms with E-state index in [1.165, 1.54) is 0 Å². The van der Waals surface area contributed by atoms with Gasteiger partial charge in [-0.15, -0.1) is 0 Å². The third-order valence-electron chi connectivity index (χ3n) is 4.26. The van der Waals surface area contributed by atoms with E-state index in [0.717, 1.165) is 27.8 Å². The lowest BCUT2D eigenvalue weighted by atomic mass is 9.94. The molecule has 1 aliphatic rings. The number of hydrogen-bond donors (Lipinski definition) is 2. The Balaban J connectivity index is 1.89. The van der Waals surface area contributed by atoms with Crippen LogP contribution in [0.15, 0.2) is 53.7 Å². The van der Waals surface area contributed by atoms with E-state index in [-0.39, 0.29) is 6.03 Å². The molecule has 3 rings (SSSR count). The van der Waals surface area contributed by atoms with E-state index in [1.54, 1.807) is 18.7 Å². The zero-order valence-electron chi connectivity index (χ0n) is 14.9. The van der Waals surface area contributed by atoms with Crippen molar-refractivity contribution in [3.8, 4) is 0 Å². The van der Waals surface area contributed by atoms with Crippen LogP contribution in [0, 0.1) is 0 Å². The predicted molar refractivity (Wildman–Crippen MR) is 105 cm³/mol. The van der Waals surface area contributed by atoms with E-state index in [0.29, 0.717) is 17.9 Å². The number of carbonyl (C=O) groups excluding carboxylic acids is 2. The number of benzene rings is 2. The molecule has 0 saturated heterocycles. The smallest absolute Gasteiger partial charge is 0.338 e. The normalized spacial score (nSPS) is 17.0. The molecule has 2 N–H and O–H groups in total. The Morgan fingerprint density at radius 1 is 1.19 bits per heavy atom. The highest BCUT2D eigenvalue weighted by Crippen LogP contribution is 2.29. The number of fused-ring (bicyclic) bond motifs is 1. The molecule has 0 aromatic heterocycles. The minimum atomic E-state index is -0.528. The van der Waals surface area contributed by atoms with Gasteiger partial charge in [-0.25, -0.2) is 9.59 Å². The summed E-state index contributed by atoms with van der Waals surface area (Å²) >= 11 is 1.72. The number of hydrogen-bond acceptors (Lipinski definition) is 4. The monoisotopic (exact) mass is 370 g/mol. The maximum atomic E-state index is 12.6. The van der Waals surface area contributed by atoms with Gasteiger partial charge in [-0.2, -0.15) is 11.8 Å². The summed E-state index contributed by atoms with van der Waals surface area (Å²) in [6.45, 7) is 4.15. The molecule has 1 aliphatic heterocycles. The average Bonchev–Trinajstić information content (AvgIpc) is 2.64. The number of carbonyl (C=O) groups is 2. The van der Waals surface area contributed by atoms with Gasteiger partial charge in [-0.05, 0) is 35.1 Å². The van der Waals surface area contributed by atoms with Crippen LogP contribution in [0.5, 0.6) is 0 Å². The minimum Gasteiger partial charge on any atom is -0.461 e. The predicted octanol–water partition coefficient (Wildman–Crippen LogP) is 3.76. The molecule has 2 aromatic carbocycles. The Kier molecular flexibility index (Phi) is 5.83. The van der Waals surface area contributed by atoms with Crippen molar-refractivity contribution < 1.29 is 14.3 Å². The van der Waals surface area contributed by atoms with E-state index < -0.39 is 12.0 Å². The Morgan fingerprint density at radius 3 is 2.73 bits per heavy atom. The average molecular weight is 370 g/mol. The summed E-state index contributed by atoms with van der Waals surface area (Å²) in [6.07, 6.45) is 0. The van der Waals surface area contributed by atoms with E-state index in [1.807, 2.05) is 42.5 Å². The quantitative estimate of drug-likeness (QED) is 0.600. The fraction of sp³-hybridized carbons (Fsp3) is 0.300. The highest BCUT2D eigenvalue weighted by atomic mass is 32.2. The van der Waals surface area contributed by atoms with Crippen molar-refractivity contribution in [3.05, 3.63) is 59.3 Å². The van der Waals surface area contributed by atoms with Crippen molar-refractivity contribution in [2.45, 2.75) is 19.9 Å². The van der Waals surface area contributed by atoms with Gasteiger partial charge in [0.25, 0.3) is 0 Å². The van der Waals surface area contributed by atoms with Gasteiger partial charge in [0.05, 0.1) is 11.6 Å². The van der Waals surface area contributed by atoms with Gasteiger partial charge in [0, 0.05) is 11.4 Å². The lowest BCUT2D eigenvalue weighted by Crippen LogP contribution is -2.45. The van der Waals surface area contributed by atoms with E-state index in [9.17, 15) is 9.59 Å². The van der Waals surface area contributed by atoms with Crippen molar-refractivity contribution in [1.29, 1.82) is 0 Å². The zero-order valence-corrected chi connectivity index (χ0v) is 15.7. The van der Waals surface area contributed by atoms with E-state index in [4.69, 9.17) is 4.74 Å². The molecule has 1 heterocycles.